The van der Waals surface area contributed by atoms with Crippen LogP contribution in [0, 0.1) is 0 Å². The Bertz CT molecular complexity index is 232. The summed E-state index contributed by atoms with van der Waals surface area (Å²) < 4.78 is 0. The predicted molar refractivity (Wildman–Crippen MR) is 66.6 cm³/mol. The first-order valence-corrected chi connectivity index (χ1v) is 6.34. The van der Waals surface area contributed by atoms with Crippen LogP contribution in [0.3, 0.4) is 0 Å². The third-order valence-corrected chi connectivity index (χ3v) is 2.60. The molecule has 0 spiro atoms. The molecule has 5 heteroatoms. The lowest BCUT2D eigenvalue weighted by Crippen LogP contribution is -2.41. The zero-order chi connectivity index (χ0) is 13.1. The number of carbonyl (C=O) groups excluding carboxylic acids is 1. The Morgan fingerprint density at radius 3 is 2.41 bits per heavy atom. The third-order valence-electron chi connectivity index (χ3n) is 2.60. The summed E-state index contributed by atoms with van der Waals surface area (Å²) in [5.74, 6) is -1.21. The van der Waals surface area contributed by atoms with E-state index in [2.05, 4.69) is 12.2 Å². The Balaban J connectivity index is 3.71. The number of nitrogens with one attached hydrogen (secondary N) is 1. The maximum atomic E-state index is 11.5. The average molecular weight is 244 g/mol. The fourth-order valence-electron chi connectivity index (χ4n) is 1.58. The van der Waals surface area contributed by atoms with Crippen LogP contribution in [0.2, 0.25) is 0 Å². The molecule has 100 valence electrons. The smallest absolute Gasteiger partial charge is 0.326 e. The lowest BCUT2D eigenvalue weighted by Gasteiger charge is -2.13. The lowest BCUT2D eigenvalue weighted by atomic mass is 10.1. The van der Waals surface area contributed by atoms with E-state index in [0.29, 0.717) is 6.42 Å². The van der Waals surface area contributed by atoms with Gasteiger partial charge in [0.05, 0.1) is 0 Å². The SMILES string of the molecule is CCCCCCCC(=O)N[C@H](CCN)C(=O)O. The van der Waals surface area contributed by atoms with Gasteiger partial charge in [-0.1, -0.05) is 32.6 Å². The van der Waals surface area contributed by atoms with Gasteiger partial charge in [-0.3, -0.25) is 4.79 Å². The second kappa shape index (κ2) is 10.1. The Morgan fingerprint density at radius 1 is 1.24 bits per heavy atom. The van der Waals surface area contributed by atoms with Crippen LogP contribution in [-0.4, -0.2) is 29.6 Å². The van der Waals surface area contributed by atoms with Gasteiger partial charge in [0.15, 0.2) is 0 Å². The molecule has 4 N–H and O–H groups in total. The quantitative estimate of drug-likeness (QED) is 0.504. The van der Waals surface area contributed by atoms with Crippen molar-refractivity contribution in [3.63, 3.8) is 0 Å². The molecular formula is C12H24N2O3. The number of nitrogens with two attached hydrogens (primary N) is 1. The van der Waals surface area contributed by atoms with E-state index in [4.69, 9.17) is 10.8 Å². The van der Waals surface area contributed by atoms with Crippen LogP contribution in [0.15, 0.2) is 0 Å². The molecule has 0 saturated carbocycles. The average Bonchev–Trinajstić information content (AvgIpc) is 2.28. The van der Waals surface area contributed by atoms with E-state index in [1.165, 1.54) is 12.8 Å². The number of aliphatic carboxylic acids is 1. The summed E-state index contributed by atoms with van der Waals surface area (Å²) in [4.78, 5) is 22.2. The molecule has 0 bridgehead atoms. The van der Waals surface area contributed by atoms with Crippen molar-refractivity contribution in [2.24, 2.45) is 5.73 Å². The molecule has 0 aromatic heterocycles. The van der Waals surface area contributed by atoms with Gasteiger partial charge in [-0.05, 0) is 19.4 Å². The Morgan fingerprint density at radius 2 is 1.88 bits per heavy atom. The van der Waals surface area contributed by atoms with Crippen molar-refractivity contribution in [2.75, 3.05) is 6.54 Å². The van der Waals surface area contributed by atoms with E-state index in [1.807, 2.05) is 0 Å². The Kier molecular flexibility index (Phi) is 9.43. The fourth-order valence-corrected chi connectivity index (χ4v) is 1.58. The molecule has 0 aromatic rings. The van der Waals surface area contributed by atoms with E-state index < -0.39 is 12.0 Å². The first-order valence-electron chi connectivity index (χ1n) is 6.34. The highest BCUT2D eigenvalue weighted by Crippen LogP contribution is 2.05. The lowest BCUT2D eigenvalue weighted by molar-refractivity contribution is -0.142. The normalized spacial score (nSPS) is 12.1. The highest BCUT2D eigenvalue weighted by molar-refractivity contribution is 5.83. The molecule has 0 saturated heterocycles. The molecule has 0 aliphatic carbocycles. The Labute approximate surface area is 103 Å². The molecule has 0 aliphatic rings. The topological polar surface area (TPSA) is 92.4 Å². The number of carbonyl (C=O) groups is 2. The first kappa shape index (κ1) is 15.9. The van der Waals surface area contributed by atoms with Crippen molar-refractivity contribution >= 4 is 11.9 Å². The van der Waals surface area contributed by atoms with Gasteiger partial charge >= 0.3 is 5.97 Å². The maximum absolute atomic E-state index is 11.5. The molecule has 0 unspecified atom stereocenters. The summed E-state index contributed by atoms with van der Waals surface area (Å²) in [6.07, 6.45) is 6.01. The monoisotopic (exact) mass is 244 g/mol. The van der Waals surface area contributed by atoms with Crippen LogP contribution >= 0.6 is 0 Å². The predicted octanol–water partition coefficient (Wildman–Crippen LogP) is 1.27. The van der Waals surface area contributed by atoms with E-state index in [-0.39, 0.29) is 18.9 Å². The van der Waals surface area contributed by atoms with Crippen molar-refractivity contribution < 1.29 is 14.7 Å². The molecule has 0 aromatic carbocycles. The summed E-state index contributed by atoms with van der Waals surface area (Å²) in [5.41, 5.74) is 5.28. The molecule has 0 fully saturated rings. The van der Waals surface area contributed by atoms with Gasteiger partial charge < -0.3 is 16.2 Å². The van der Waals surface area contributed by atoms with E-state index >= 15 is 0 Å². The number of hydrogen-bond acceptors (Lipinski definition) is 3. The zero-order valence-electron chi connectivity index (χ0n) is 10.6. The fraction of sp³-hybridized carbons (Fsp3) is 0.833. The summed E-state index contributed by atoms with van der Waals surface area (Å²) in [6, 6.07) is -0.844. The van der Waals surface area contributed by atoms with Crippen molar-refractivity contribution in [1.82, 2.24) is 5.32 Å². The van der Waals surface area contributed by atoms with Crippen LogP contribution in [-0.2, 0) is 9.59 Å². The number of carboxylic acids is 1. The molecule has 0 radical (unpaired) electrons. The summed E-state index contributed by atoms with van der Waals surface area (Å²) in [5, 5.41) is 11.3. The van der Waals surface area contributed by atoms with Gasteiger partial charge in [0.25, 0.3) is 0 Å². The number of amides is 1. The largest absolute Gasteiger partial charge is 0.480 e. The highest BCUT2D eigenvalue weighted by Gasteiger charge is 2.18. The van der Waals surface area contributed by atoms with Crippen LogP contribution in [0.5, 0.6) is 0 Å². The molecular weight excluding hydrogens is 220 g/mol. The van der Waals surface area contributed by atoms with Gasteiger partial charge in [0.2, 0.25) is 5.91 Å². The van der Waals surface area contributed by atoms with Crippen molar-refractivity contribution in [3.05, 3.63) is 0 Å². The molecule has 17 heavy (non-hydrogen) atoms. The standard InChI is InChI=1S/C12H24N2O3/c1-2-3-4-5-6-7-11(15)14-10(8-9-13)12(16)17/h10H,2-9,13H2,1H3,(H,14,15)(H,16,17)/t10-/m1/s1. The zero-order valence-corrected chi connectivity index (χ0v) is 10.6. The number of hydrogen-bond donors (Lipinski definition) is 3. The van der Waals surface area contributed by atoms with Gasteiger partial charge in [0, 0.05) is 6.42 Å². The molecule has 0 rings (SSSR count). The van der Waals surface area contributed by atoms with Gasteiger partial charge in [-0.25, -0.2) is 4.79 Å². The minimum absolute atomic E-state index is 0.192. The highest BCUT2D eigenvalue weighted by atomic mass is 16.4. The Hall–Kier alpha value is -1.10. The van der Waals surface area contributed by atoms with Crippen LogP contribution in [0.1, 0.15) is 51.9 Å². The number of rotatable bonds is 10. The van der Waals surface area contributed by atoms with Crippen LogP contribution in [0.4, 0.5) is 0 Å². The van der Waals surface area contributed by atoms with Crippen LogP contribution in [0.25, 0.3) is 0 Å². The molecule has 1 atom stereocenters. The van der Waals surface area contributed by atoms with E-state index in [1.54, 1.807) is 0 Å². The number of carboxylic acid groups (broad SMARTS) is 1. The van der Waals surface area contributed by atoms with Crippen molar-refractivity contribution in [1.29, 1.82) is 0 Å². The molecule has 0 aliphatic heterocycles. The number of unbranched alkanes of at least 4 members (excludes halogenated alkanes) is 4. The summed E-state index contributed by atoms with van der Waals surface area (Å²) in [6.45, 7) is 2.39. The minimum atomic E-state index is -1.02. The van der Waals surface area contributed by atoms with E-state index in [9.17, 15) is 9.59 Å². The minimum Gasteiger partial charge on any atom is -0.480 e. The maximum Gasteiger partial charge on any atom is 0.326 e. The summed E-state index contributed by atoms with van der Waals surface area (Å²) in [7, 11) is 0. The second-order valence-corrected chi connectivity index (χ2v) is 4.20. The first-order chi connectivity index (χ1) is 8.11. The van der Waals surface area contributed by atoms with Crippen LogP contribution < -0.4 is 11.1 Å². The van der Waals surface area contributed by atoms with Crippen molar-refractivity contribution in [2.45, 2.75) is 57.9 Å². The second-order valence-electron chi connectivity index (χ2n) is 4.20. The molecule has 5 nitrogen and oxygen atoms in total. The van der Waals surface area contributed by atoms with Gasteiger partial charge in [0.1, 0.15) is 6.04 Å². The van der Waals surface area contributed by atoms with E-state index in [0.717, 1.165) is 19.3 Å². The summed E-state index contributed by atoms with van der Waals surface area (Å²) >= 11 is 0. The van der Waals surface area contributed by atoms with Gasteiger partial charge in [-0.2, -0.15) is 0 Å². The molecule has 1 amide bonds. The van der Waals surface area contributed by atoms with Crippen molar-refractivity contribution in [3.8, 4) is 0 Å². The van der Waals surface area contributed by atoms with Gasteiger partial charge in [-0.15, -0.1) is 0 Å². The molecule has 0 heterocycles. The third kappa shape index (κ3) is 8.68.